The molecule has 0 amide bonds. The molecule has 0 aliphatic carbocycles. The standard InChI is InChI=1S/C12H18FNO4S3/c1-4-10(9-19-3)14(2)21(17,18)12-7-5-6-11(8-12)20(13,15)16/h5-8,10H,4,9H2,1-3H3. The summed E-state index contributed by atoms with van der Waals surface area (Å²) in [5, 5.41) is 0. The minimum Gasteiger partial charge on any atom is -0.207 e. The van der Waals surface area contributed by atoms with Gasteiger partial charge in [-0.05, 0) is 30.9 Å². The highest BCUT2D eigenvalue weighted by Crippen LogP contribution is 2.23. The smallest absolute Gasteiger partial charge is 0.207 e. The molecule has 1 unspecified atom stereocenters. The summed E-state index contributed by atoms with van der Waals surface area (Å²) in [6, 6.07) is 4.12. The molecule has 1 atom stereocenters. The van der Waals surface area contributed by atoms with E-state index in [0.29, 0.717) is 12.2 Å². The summed E-state index contributed by atoms with van der Waals surface area (Å²) < 4.78 is 61.0. The molecule has 9 heteroatoms. The van der Waals surface area contributed by atoms with Crippen LogP contribution in [0.25, 0.3) is 0 Å². The van der Waals surface area contributed by atoms with Crippen molar-refractivity contribution in [2.75, 3.05) is 19.1 Å². The van der Waals surface area contributed by atoms with Gasteiger partial charge in [0.05, 0.1) is 9.79 Å². The molecule has 0 heterocycles. The lowest BCUT2D eigenvalue weighted by Crippen LogP contribution is -2.38. The van der Waals surface area contributed by atoms with E-state index in [0.717, 1.165) is 12.1 Å². The Morgan fingerprint density at radius 2 is 1.81 bits per heavy atom. The fourth-order valence-electron chi connectivity index (χ4n) is 1.82. The van der Waals surface area contributed by atoms with Crippen LogP contribution in [0.5, 0.6) is 0 Å². The monoisotopic (exact) mass is 355 g/mol. The topological polar surface area (TPSA) is 71.5 Å². The highest BCUT2D eigenvalue weighted by atomic mass is 32.3. The van der Waals surface area contributed by atoms with Gasteiger partial charge in [-0.3, -0.25) is 0 Å². The van der Waals surface area contributed by atoms with Crippen LogP contribution in [-0.2, 0) is 20.2 Å². The average Bonchev–Trinajstić information content (AvgIpc) is 2.43. The van der Waals surface area contributed by atoms with Gasteiger partial charge in [-0.1, -0.05) is 13.0 Å². The Morgan fingerprint density at radius 3 is 2.29 bits per heavy atom. The molecule has 1 aromatic carbocycles. The maximum absolute atomic E-state index is 13.0. The predicted molar refractivity (Wildman–Crippen MR) is 82.1 cm³/mol. The van der Waals surface area contributed by atoms with Gasteiger partial charge in [-0.25, -0.2) is 8.42 Å². The molecule has 0 N–H and O–H groups in total. The number of thioether (sulfide) groups is 1. The lowest BCUT2D eigenvalue weighted by Gasteiger charge is -2.26. The van der Waals surface area contributed by atoms with Crippen molar-refractivity contribution in [1.29, 1.82) is 0 Å². The van der Waals surface area contributed by atoms with E-state index in [9.17, 15) is 20.7 Å². The van der Waals surface area contributed by atoms with Crippen molar-refractivity contribution >= 4 is 32.0 Å². The highest BCUT2D eigenvalue weighted by Gasteiger charge is 2.28. The molecule has 0 aliphatic heterocycles. The second kappa shape index (κ2) is 7.08. The molecule has 0 bridgehead atoms. The zero-order chi connectivity index (χ0) is 16.3. The van der Waals surface area contributed by atoms with Gasteiger partial charge >= 0.3 is 10.2 Å². The van der Waals surface area contributed by atoms with Crippen LogP contribution in [0.15, 0.2) is 34.1 Å². The molecule has 0 spiro atoms. The van der Waals surface area contributed by atoms with Crippen LogP contribution in [0, 0.1) is 0 Å². The van der Waals surface area contributed by atoms with Gasteiger partial charge in [0.25, 0.3) is 0 Å². The van der Waals surface area contributed by atoms with Crippen molar-refractivity contribution in [3.05, 3.63) is 24.3 Å². The van der Waals surface area contributed by atoms with E-state index in [1.165, 1.54) is 35.2 Å². The van der Waals surface area contributed by atoms with Gasteiger partial charge in [0.2, 0.25) is 10.0 Å². The summed E-state index contributed by atoms with van der Waals surface area (Å²) in [5.74, 6) is 0.618. The number of hydrogen-bond donors (Lipinski definition) is 0. The van der Waals surface area contributed by atoms with Crippen LogP contribution in [0.4, 0.5) is 3.89 Å². The van der Waals surface area contributed by atoms with Crippen LogP contribution >= 0.6 is 11.8 Å². The quantitative estimate of drug-likeness (QED) is 0.701. The molecular weight excluding hydrogens is 337 g/mol. The van der Waals surface area contributed by atoms with Crippen LogP contribution in [-0.4, -0.2) is 46.2 Å². The third-order valence-electron chi connectivity index (χ3n) is 3.11. The van der Waals surface area contributed by atoms with Crippen LogP contribution < -0.4 is 0 Å². The zero-order valence-electron chi connectivity index (χ0n) is 12.0. The van der Waals surface area contributed by atoms with Crippen LogP contribution in [0.1, 0.15) is 13.3 Å². The summed E-state index contributed by atoms with van der Waals surface area (Å²) in [5.41, 5.74) is 0. The first kappa shape index (κ1) is 18.4. The molecule has 120 valence electrons. The minimum absolute atomic E-state index is 0.212. The number of halogens is 1. The normalized spacial score (nSPS) is 14.3. The van der Waals surface area contributed by atoms with E-state index >= 15 is 0 Å². The zero-order valence-corrected chi connectivity index (χ0v) is 14.4. The fraction of sp³-hybridized carbons (Fsp3) is 0.500. The lowest BCUT2D eigenvalue weighted by atomic mass is 10.3. The summed E-state index contributed by atoms with van der Waals surface area (Å²) >= 11 is 1.52. The Labute approximate surface area is 129 Å². The molecule has 5 nitrogen and oxygen atoms in total. The molecule has 1 aromatic rings. The number of nitrogens with zero attached hydrogens (tertiary/aromatic N) is 1. The SMILES string of the molecule is CCC(CSC)N(C)S(=O)(=O)c1cccc(S(=O)(=O)F)c1. The van der Waals surface area contributed by atoms with Gasteiger partial charge in [-0.15, -0.1) is 3.89 Å². The van der Waals surface area contributed by atoms with Crippen LogP contribution in [0.3, 0.4) is 0 Å². The Bertz CT molecular complexity index is 688. The maximum Gasteiger partial charge on any atom is 0.332 e. The lowest BCUT2D eigenvalue weighted by molar-refractivity contribution is 0.385. The molecule has 0 aromatic heterocycles. The number of benzene rings is 1. The molecule has 0 saturated carbocycles. The van der Waals surface area contributed by atoms with E-state index in [2.05, 4.69) is 0 Å². The molecular formula is C12H18FNO4S3. The molecule has 0 saturated heterocycles. The summed E-state index contributed by atoms with van der Waals surface area (Å²) in [7, 11) is -7.36. The Hall–Kier alpha value is -0.640. The first-order chi connectivity index (χ1) is 9.64. The van der Waals surface area contributed by atoms with E-state index in [-0.39, 0.29) is 10.9 Å². The number of hydrogen-bond acceptors (Lipinski definition) is 5. The molecule has 1 rings (SSSR count). The summed E-state index contributed by atoms with van der Waals surface area (Å²) in [4.78, 5) is -0.891. The number of sulfonamides is 1. The summed E-state index contributed by atoms with van der Waals surface area (Å²) in [6.07, 6.45) is 2.50. The van der Waals surface area contributed by atoms with Crippen LogP contribution in [0.2, 0.25) is 0 Å². The van der Waals surface area contributed by atoms with Gasteiger partial charge < -0.3 is 0 Å². The Kier molecular flexibility index (Phi) is 6.21. The first-order valence-electron chi connectivity index (χ1n) is 6.16. The van der Waals surface area contributed by atoms with Crippen molar-refractivity contribution < 1.29 is 20.7 Å². The summed E-state index contributed by atoms with van der Waals surface area (Å²) in [6.45, 7) is 1.87. The minimum atomic E-state index is -4.93. The second-order valence-electron chi connectivity index (χ2n) is 4.45. The van der Waals surface area contributed by atoms with Gasteiger partial charge in [-0.2, -0.15) is 24.5 Å². The molecule has 21 heavy (non-hydrogen) atoms. The van der Waals surface area contributed by atoms with Gasteiger partial charge in [0, 0.05) is 18.8 Å². The third-order valence-corrected chi connectivity index (χ3v) is 6.55. The first-order valence-corrected chi connectivity index (χ1v) is 10.4. The van der Waals surface area contributed by atoms with Crippen molar-refractivity contribution in [2.24, 2.45) is 0 Å². The van der Waals surface area contributed by atoms with Crippen molar-refractivity contribution in [1.82, 2.24) is 4.31 Å². The third kappa shape index (κ3) is 4.41. The second-order valence-corrected chi connectivity index (χ2v) is 8.71. The fourth-order valence-corrected chi connectivity index (χ4v) is 4.82. The van der Waals surface area contributed by atoms with E-state index in [4.69, 9.17) is 0 Å². The predicted octanol–water partition coefficient (Wildman–Crippen LogP) is 2.11. The number of rotatable bonds is 7. The average molecular weight is 355 g/mol. The largest absolute Gasteiger partial charge is 0.332 e. The van der Waals surface area contributed by atoms with Gasteiger partial charge in [0.1, 0.15) is 0 Å². The Balaban J connectivity index is 3.25. The van der Waals surface area contributed by atoms with E-state index < -0.39 is 25.1 Å². The van der Waals surface area contributed by atoms with Crippen molar-refractivity contribution in [3.8, 4) is 0 Å². The van der Waals surface area contributed by atoms with E-state index in [1.807, 2.05) is 13.2 Å². The molecule has 0 fully saturated rings. The maximum atomic E-state index is 13.0. The Morgan fingerprint density at radius 1 is 1.24 bits per heavy atom. The van der Waals surface area contributed by atoms with Crippen molar-refractivity contribution in [2.45, 2.75) is 29.2 Å². The molecule has 0 aliphatic rings. The van der Waals surface area contributed by atoms with Gasteiger partial charge in [0.15, 0.2) is 0 Å². The molecule has 0 radical (unpaired) electrons. The highest BCUT2D eigenvalue weighted by molar-refractivity contribution is 7.98. The van der Waals surface area contributed by atoms with E-state index in [1.54, 1.807) is 0 Å². The van der Waals surface area contributed by atoms with Crippen molar-refractivity contribution in [3.63, 3.8) is 0 Å².